The van der Waals surface area contributed by atoms with Crippen molar-refractivity contribution in [2.45, 2.75) is 26.2 Å². The van der Waals surface area contributed by atoms with Crippen LogP contribution in [0.25, 0.3) is 0 Å². The summed E-state index contributed by atoms with van der Waals surface area (Å²) in [5.74, 6) is 0.610. The molecule has 0 aliphatic carbocycles. The van der Waals surface area contributed by atoms with Crippen LogP contribution in [0.2, 0.25) is 0 Å². The van der Waals surface area contributed by atoms with E-state index in [-0.39, 0.29) is 0 Å². The molecular weight excluding hydrogens is 172 g/mol. The van der Waals surface area contributed by atoms with Gasteiger partial charge in [0.05, 0.1) is 13.4 Å². The molecule has 76 valence electrons. The fourth-order valence-corrected chi connectivity index (χ4v) is 1.32. The Morgan fingerprint density at radius 3 is 2.36 bits per heavy atom. The van der Waals surface area contributed by atoms with Crippen molar-refractivity contribution >= 4 is 0 Å². The lowest BCUT2D eigenvalue weighted by atomic mass is 10.0. The lowest BCUT2D eigenvalue weighted by Gasteiger charge is -2.05. The van der Waals surface area contributed by atoms with Crippen molar-refractivity contribution in [3.05, 3.63) is 47.7 Å². The first-order chi connectivity index (χ1) is 6.74. The van der Waals surface area contributed by atoms with E-state index in [2.05, 4.69) is 38.1 Å². The smallest absolute Gasteiger partial charge is 0.0788 e. The van der Waals surface area contributed by atoms with Gasteiger partial charge in [0.1, 0.15) is 0 Å². The topological polar surface area (TPSA) is 9.23 Å². The molecule has 0 atom stereocenters. The van der Waals surface area contributed by atoms with Crippen LogP contribution in [-0.4, -0.2) is 7.11 Å². The molecule has 0 saturated carbocycles. The Kier molecular flexibility index (Phi) is 4.24. The van der Waals surface area contributed by atoms with E-state index in [0.717, 1.165) is 6.42 Å². The van der Waals surface area contributed by atoms with Gasteiger partial charge in [0, 0.05) is 0 Å². The molecule has 0 N–H and O–H groups in total. The molecule has 0 aliphatic rings. The van der Waals surface area contributed by atoms with Crippen LogP contribution < -0.4 is 0 Å². The van der Waals surface area contributed by atoms with Crippen molar-refractivity contribution in [2.75, 3.05) is 7.11 Å². The second kappa shape index (κ2) is 5.48. The van der Waals surface area contributed by atoms with Gasteiger partial charge < -0.3 is 4.74 Å². The van der Waals surface area contributed by atoms with Crippen LogP contribution >= 0.6 is 0 Å². The molecule has 0 saturated heterocycles. The molecule has 0 bridgehead atoms. The van der Waals surface area contributed by atoms with E-state index < -0.39 is 0 Å². The average molecular weight is 190 g/mol. The Morgan fingerprint density at radius 1 is 1.21 bits per heavy atom. The van der Waals surface area contributed by atoms with Gasteiger partial charge >= 0.3 is 0 Å². The Labute approximate surface area is 86.4 Å². The minimum atomic E-state index is 0.610. The highest BCUT2D eigenvalue weighted by Crippen LogP contribution is 2.14. The van der Waals surface area contributed by atoms with E-state index in [4.69, 9.17) is 4.74 Å². The summed E-state index contributed by atoms with van der Waals surface area (Å²) in [4.78, 5) is 0. The highest BCUT2D eigenvalue weighted by atomic mass is 16.5. The standard InChI is InChI=1S/C13H18O/c1-11(2)13-8-6-12(7-9-13)5-4-10-14-3/h4,6-11H,5H2,1-3H3. The minimum absolute atomic E-state index is 0.610. The Bertz CT molecular complexity index is 283. The predicted molar refractivity (Wildman–Crippen MR) is 60.4 cm³/mol. The number of hydrogen-bond acceptors (Lipinski definition) is 1. The lowest BCUT2D eigenvalue weighted by molar-refractivity contribution is 0.337. The van der Waals surface area contributed by atoms with E-state index in [1.54, 1.807) is 13.4 Å². The first-order valence-corrected chi connectivity index (χ1v) is 5.00. The van der Waals surface area contributed by atoms with Gasteiger partial charge in [0.25, 0.3) is 0 Å². The maximum absolute atomic E-state index is 4.84. The lowest BCUT2D eigenvalue weighted by Crippen LogP contribution is -1.88. The van der Waals surface area contributed by atoms with Crippen molar-refractivity contribution in [3.8, 4) is 0 Å². The second-order valence-electron chi connectivity index (χ2n) is 3.71. The first kappa shape index (κ1) is 10.8. The highest BCUT2D eigenvalue weighted by Gasteiger charge is 1.97. The molecule has 1 heteroatoms. The van der Waals surface area contributed by atoms with Crippen LogP contribution in [0.15, 0.2) is 36.6 Å². The molecule has 1 nitrogen and oxygen atoms in total. The average Bonchev–Trinajstić information content (AvgIpc) is 2.19. The number of ether oxygens (including phenoxy) is 1. The van der Waals surface area contributed by atoms with E-state index >= 15 is 0 Å². The monoisotopic (exact) mass is 190 g/mol. The van der Waals surface area contributed by atoms with E-state index in [0.29, 0.717) is 5.92 Å². The van der Waals surface area contributed by atoms with Gasteiger partial charge in [-0.05, 0) is 29.5 Å². The summed E-state index contributed by atoms with van der Waals surface area (Å²) in [5.41, 5.74) is 2.71. The molecule has 1 aromatic carbocycles. The number of rotatable bonds is 4. The maximum atomic E-state index is 4.84. The summed E-state index contributed by atoms with van der Waals surface area (Å²) in [6.45, 7) is 4.42. The normalized spacial score (nSPS) is 11.1. The zero-order chi connectivity index (χ0) is 10.4. The van der Waals surface area contributed by atoms with Crippen molar-refractivity contribution in [2.24, 2.45) is 0 Å². The van der Waals surface area contributed by atoms with Crippen molar-refractivity contribution in [1.82, 2.24) is 0 Å². The van der Waals surface area contributed by atoms with Crippen LogP contribution in [0.3, 0.4) is 0 Å². The van der Waals surface area contributed by atoms with E-state index in [1.165, 1.54) is 11.1 Å². The molecular formula is C13H18O. The molecule has 0 fully saturated rings. The van der Waals surface area contributed by atoms with Gasteiger partial charge in [-0.3, -0.25) is 0 Å². The van der Waals surface area contributed by atoms with Crippen LogP contribution in [0.5, 0.6) is 0 Å². The third kappa shape index (κ3) is 3.25. The zero-order valence-corrected chi connectivity index (χ0v) is 9.16. The van der Waals surface area contributed by atoms with E-state index in [9.17, 15) is 0 Å². The molecule has 0 aromatic heterocycles. The molecule has 0 heterocycles. The number of methoxy groups -OCH3 is 1. The molecule has 0 aliphatic heterocycles. The van der Waals surface area contributed by atoms with Crippen molar-refractivity contribution in [1.29, 1.82) is 0 Å². The Morgan fingerprint density at radius 2 is 1.86 bits per heavy atom. The van der Waals surface area contributed by atoms with Crippen molar-refractivity contribution in [3.63, 3.8) is 0 Å². The second-order valence-corrected chi connectivity index (χ2v) is 3.71. The fraction of sp³-hybridized carbons (Fsp3) is 0.385. The molecule has 14 heavy (non-hydrogen) atoms. The fourth-order valence-electron chi connectivity index (χ4n) is 1.32. The van der Waals surface area contributed by atoms with Gasteiger partial charge in [0.15, 0.2) is 0 Å². The summed E-state index contributed by atoms with van der Waals surface area (Å²) in [5, 5.41) is 0. The predicted octanol–water partition coefficient (Wildman–Crippen LogP) is 3.51. The third-order valence-electron chi connectivity index (χ3n) is 2.23. The summed E-state index contributed by atoms with van der Waals surface area (Å²) >= 11 is 0. The van der Waals surface area contributed by atoms with Gasteiger partial charge in [0.2, 0.25) is 0 Å². The van der Waals surface area contributed by atoms with Gasteiger partial charge in [-0.15, -0.1) is 0 Å². The molecule has 0 amide bonds. The van der Waals surface area contributed by atoms with Crippen LogP contribution in [-0.2, 0) is 11.2 Å². The van der Waals surface area contributed by atoms with E-state index in [1.807, 2.05) is 6.08 Å². The summed E-state index contributed by atoms with van der Waals surface area (Å²) in [6, 6.07) is 8.74. The summed E-state index contributed by atoms with van der Waals surface area (Å²) in [6.07, 6.45) is 4.67. The van der Waals surface area contributed by atoms with Crippen molar-refractivity contribution < 1.29 is 4.74 Å². The Hall–Kier alpha value is -1.24. The van der Waals surface area contributed by atoms with Gasteiger partial charge in [-0.2, -0.15) is 0 Å². The molecule has 1 rings (SSSR count). The van der Waals surface area contributed by atoms with Crippen LogP contribution in [0.4, 0.5) is 0 Å². The minimum Gasteiger partial charge on any atom is -0.505 e. The third-order valence-corrected chi connectivity index (χ3v) is 2.23. The number of hydrogen-bond donors (Lipinski definition) is 0. The van der Waals surface area contributed by atoms with Crippen LogP contribution in [0.1, 0.15) is 30.9 Å². The number of benzene rings is 1. The molecule has 0 radical (unpaired) electrons. The highest BCUT2D eigenvalue weighted by molar-refractivity contribution is 5.25. The first-order valence-electron chi connectivity index (χ1n) is 5.00. The molecule has 0 spiro atoms. The van der Waals surface area contributed by atoms with Crippen LogP contribution in [0, 0.1) is 0 Å². The van der Waals surface area contributed by atoms with Gasteiger partial charge in [-0.25, -0.2) is 0 Å². The quantitative estimate of drug-likeness (QED) is 0.660. The molecule has 0 unspecified atom stereocenters. The zero-order valence-electron chi connectivity index (χ0n) is 9.16. The summed E-state index contributed by atoms with van der Waals surface area (Å²) < 4.78 is 4.84. The Balaban J connectivity index is 2.59. The van der Waals surface area contributed by atoms with Gasteiger partial charge in [-0.1, -0.05) is 38.1 Å². The maximum Gasteiger partial charge on any atom is 0.0788 e. The largest absolute Gasteiger partial charge is 0.505 e. The molecule has 1 aromatic rings. The summed E-state index contributed by atoms with van der Waals surface area (Å²) in [7, 11) is 1.67. The SMILES string of the molecule is COC=CCc1ccc(C(C)C)cc1. The number of allylic oxidation sites excluding steroid dienone is 1.